The van der Waals surface area contributed by atoms with Crippen molar-refractivity contribution in [3.8, 4) is 6.07 Å². The van der Waals surface area contributed by atoms with E-state index in [0.29, 0.717) is 22.2 Å². The highest BCUT2D eigenvalue weighted by Crippen LogP contribution is 2.36. The molecule has 0 radical (unpaired) electrons. The number of nitriles is 1. The Labute approximate surface area is 115 Å². The van der Waals surface area contributed by atoms with Gasteiger partial charge in [-0.3, -0.25) is 4.79 Å². The van der Waals surface area contributed by atoms with Crippen LogP contribution in [0.5, 0.6) is 0 Å². The molecule has 1 aliphatic heterocycles. The maximum absolute atomic E-state index is 12.5. The zero-order valence-electron chi connectivity index (χ0n) is 9.86. The predicted octanol–water partition coefficient (Wildman–Crippen LogP) is 2.62. The summed E-state index contributed by atoms with van der Waals surface area (Å²) >= 11 is 1.09. The molecule has 1 amide bonds. The molecule has 0 atom stereocenters. The van der Waals surface area contributed by atoms with Gasteiger partial charge < -0.3 is 4.90 Å². The van der Waals surface area contributed by atoms with Crippen LogP contribution in [0.15, 0.2) is 12.1 Å². The van der Waals surface area contributed by atoms with E-state index >= 15 is 0 Å². The van der Waals surface area contributed by atoms with Crippen molar-refractivity contribution in [3.05, 3.63) is 22.7 Å². The van der Waals surface area contributed by atoms with Gasteiger partial charge >= 0.3 is 12.1 Å². The average molecular weight is 297 g/mol. The number of nitrogens with zero attached hydrogens (tertiary/aromatic N) is 3. The summed E-state index contributed by atoms with van der Waals surface area (Å²) in [6.07, 6.45) is -4.53. The molecule has 0 aliphatic carbocycles. The molecule has 2 aromatic rings. The minimum absolute atomic E-state index is 0.00998. The van der Waals surface area contributed by atoms with Crippen molar-refractivity contribution in [2.24, 2.45) is 0 Å². The van der Waals surface area contributed by atoms with Gasteiger partial charge in [-0.1, -0.05) is 0 Å². The topological polar surface area (TPSA) is 57.0 Å². The second-order valence-electron chi connectivity index (χ2n) is 4.28. The zero-order chi connectivity index (χ0) is 14.5. The van der Waals surface area contributed by atoms with Crippen LogP contribution < -0.4 is 4.90 Å². The van der Waals surface area contributed by atoms with Gasteiger partial charge in [0.25, 0.3) is 0 Å². The van der Waals surface area contributed by atoms with E-state index in [0.717, 1.165) is 16.2 Å². The number of hydrogen-bond acceptors (Lipinski definition) is 4. The Morgan fingerprint density at radius 2 is 2.20 bits per heavy atom. The van der Waals surface area contributed by atoms with Crippen molar-refractivity contribution >= 4 is 33.1 Å². The number of anilines is 1. The Balaban J connectivity index is 2.09. The molecule has 0 spiro atoms. The summed E-state index contributed by atoms with van der Waals surface area (Å²) in [5.74, 6) is -1.86. The van der Waals surface area contributed by atoms with E-state index in [-0.39, 0.29) is 17.2 Å². The van der Waals surface area contributed by atoms with Crippen LogP contribution in [0.4, 0.5) is 18.9 Å². The number of alkyl halides is 3. The third-order valence-electron chi connectivity index (χ3n) is 3.07. The quantitative estimate of drug-likeness (QED) is 0.751. The molecule has 1 aromatic carbocycles. The highest BCUT2D eigenvalue weighted by Gasteiger charge is 2.44. The van der Waals surface area contributed by atoms with Crippen LogP contribution in [0.3, 0.4) is 0 Å². The monoisotopic (exact) mass is 297 g/mol. The summed E-state index contributed by atoms with van der Waals surface area (Å²) in [5.41, 5.74) is 1.48. The largest absolute Gasteiger partial charge is 0.471 e. The second-order valence-corrected chi connectivity index (χ2v) is 5.31. The lowest BCUT2D eigenvalue weighted by molar-refractivity contribution is -0.170. The van der Waals surface area contributed by atoms with Crippen molar-refractivity contribution in [1.82, 2.24) is 4.98 Å². The average Bonchev–Trinajstić information content (AvgIpc) is 2.96. The Hall–Kier alpha value is -2.14. The fourth-order valence-electron chi connectivity index (χ4n) is 2.22. The molecule has 1 aliphatic rings. The number of halogens is 3. The van der Waals surface area contributed by atoms with E-state index in [4.69, 9.17) is 5.26 Å². The molecule has 0 saturated carbocycles. The number of amides is 1. The maximum Gasteiger partial charge on any atom is 0.471 e. The maximum atomic E-state index is 12.5. The van der Waals surface area contributed by atoms with Gasteiger partial charge in [0, 0.05) is 12.2 Å². The minimum atomic E-state index is -4.89. The van der Waals surface area contributed by atoms with Crippen molar-refractivity contribution in [3.63, 3.8) is 0 Å². The number of thiazole rings is 1. The first kappa shape index (κ1) is 12.9. The Kier molecular flexibility index (Phi) is 2.69. The SMILES string of the molecule is N#Cc1nc2cc3c(cc2s1)N(C(=O)C(F)(F)F)CC3. The molecular weight excluding hydrogens is 291 g/mol. The summed E-state index contributed by atoms with van der Waals surface area (Å²) < 4.78 is 38.2. The highest BCUT2D eigenvalue weighted by atomic mass is 32.1. The fourth-order valence-corrected chi connectivity index (χ4v) is 3.00. The van der Waals surface area contributed by atoms with E-state index in [1.54, 1.807) is 6.07 Å². The molecule has 0 N–H and O–H groups in total. The Bertz CT molecular complexity index is 760. The summed E-state index contributed by atoms with van der Waals surface area (Å²) in [6, 6.07) is 5.04. The third kappa shape index (κ3) is 1.91. The van der Waals surface area contributed by atoms with Gasteiger partial charge in [-0.2, -0.15) is 18.4 Å². The molecule has 8 heteroatoms. The Morgan fingerprint density at radius 3 is 2.85 bits per heavy atom. The van der Waals surface area contributed by atoms with Crippen LogP contribution in [0.25, 0.3) is 10.2 Å². The van der Waals surface area contributed by atoms with E-state index in [1.165, 1.54) is 6.07 Å². The minimum Gasteiger partial charge on any atom is -0.304 e. The van der Waals surface area contributed by atoms with Crippen LogP contribution in [0.1, 0.15) is 10.6 Å². The molecule has 4 nitrogen and oxygen atoms in total. The fraction of sp³-hybridized carbons (Fsp3) is 0.250. The highest BCUT2D eigenvalue weighted by molar-refractivity contribution is 7.19. The smallest absolute Gasteiger partial charge is 0.304 e. The van der Waals surface area contributed by atoms with Crippen LogP contribution >= 0.6 is 11.3 Å². The van der Waals surface area contributed by atoms with Crippen molar-refractivity contribution < 1.29 is 18.0 Å². The summed E-state index contributed by atoms with van der Waals surface area (Å²) in [5, 5.41) is 9.03. The molecular formula is C12H6F3N3OS. The standard InChI is InChI=1S/C12H6F3N3OS/c13-12(14,15)11(19)18-2-1-6-3-7-9(4-8(6)18)20-10(5-16)17-7/h3-4H,1-2H2. The van der Waals surface area contributed by atoms with Gasteiger partial charge in [-0.15, -0.1) is 11.3 Å². The van der Waals surface area contributed by atoms with Crippen LogP contribution in [-0.4, -0.2) is 23.6 Å². The van der Waals surface area contributed by atoms with Gasteiger partial charge in [0.1, 0.15) is 6.07 Å². The van der Waals surface area contributed by atoms with Crippen LogP contribution in [-0.2, 0) is 11.2 Å². The number of carbonyl (C=O) groups excluding carboxylic acids is 1. The first-order valence-electron chi connectivity index (χ1n) is 5.62. The predicted molar refractivity (Wildman–Crippen MR) is 66.4 cm³/mol. The van der Waals surface area contributed by atoms with E-state index < -0.39 is 12.1 Å². The molecule has 3 rings (SSSR count). The summed E-state index contributed by atoms with van der Waals surface area (Å²) in [7, 11) is 0. The van der Waals surface area contributed by atoms with Gasteiger partial charge in [0.15, 0.2) is 5.01 Å². The van der Waals surface area contributed by atoms with E-state index in [2.05, 4.69) is 4.98 Å². The van der Waals surface area contributed by atoms with Gasteiger partial charge in [-0.05, 0) is 24.1 Å². The molecule has 1 aromatic heterocycles. The van der Waals surface area contributed by atoms with Gasteiger partial charge in [-0.25, -0.2) is 4.98 Å². The summed E-state index contributed by atoms with van der Waals surface area (Å²) in [4.78, 5) is 16.2. The number of hydrogen-bond donors (Lipinski definition) is 0. The third-order valence-corrected chi connectivity index (χ3v) is 3.99. The molecule has 20 heavy (non-hydrogen) atoms. The second kappa shape index (κ2) is 4.18. The first-order chi connectivity index (χ1) is 9.40. The number of carbonyl (C=O) groups is 1. The lowest BCUT2D eigenvalue weighted by atomic mass is 10.1. The molecule has 2 heterocycles. The lowest BCUT2D eigenvalue weighted by Crippen LogP contribution is -2.40. The Morgan fingerprint density at radius 1 is 1.45 bits per heavy atom. The molecule has 0 bridgehead atoms. The normalized spacial score (nSPS) is 14.4. The van der Waals surface area contributed by atoms with Crippen molar-refractivity contribution in [2.45, 2.75) is 12.6 Å². The van der Waals surface area contributed by atoms with Crippen LogP contribution in [0.2, 0.25) is 0 Å². The lowest BCUT2D eigenvalue weighted by Gasteiger charge is -2.18. The molecule has 0 fully saturated rings. The molecule has 0 saturated heterocycles. The van der Waals surface area contributed by atoms with Crippen LogP contribution in [0, 0.1) is 11.3 Å². The van der Waals surface area contributed by atoms with Gasteiger partial charge in [0.2, 0.25) is 0 Å². The summed E-state index contributed by atoms with van der Waals surface area (Å²) in [6.45, 7) is 0.00998. The number of rotatable bonds is 0. The molecule has 0 unspecified atom stereocenters. The number of aromatic nitrogens is 1. The van der Waals surface area contributed by atoms with E-state index in [1.807, 2.05) is 6.07 Å². The van der Waals surface area contributed by atoms with Gasteiger partial charge in [0.05, 0.1) is 10.2 Å². The number of benzene rings is 1. The first-order valence-corrected chi connectivity index (χ1v) is 6.44. The van der Waals surface area contributed by atoms with E-state index in [9.17, 15) is 18.0 Å². The van der Waals surface area contributed by atoms with Crippen molar-refractivity contribution in [2.75, 3.05) is 11.4 Å². The zero-order valence-corrected chi connectivity index (χ0v) is 10.7. The molecule has 102 valence electrons. The van der Waals surface area contributed by atoms with Crippen molar-refractivity contribution in [1.29, 1.82) is 5.26 Å². The number of fused-ring (bicyclic) bond motifs is 2.